The molecular weight excluding hydrogens is 484 g/mol. The number of fused-ring (bicyclic) bond motifs is 2. The summed E-state index contributed by atoms with van der Waals surface area (Å²) in [7, 11) is 0. The zero-order valence-electron chi connectivity index (χ0n) is 19.9. The number of carbonyl (C=O) groups is 3. The second kappa shape index (κ2) is 11.9. The fourth-order valence-electron chi connectivity index (χ4n) is 4.26. The number of carbonyl (C=O) groups excluding carboxylic acids is 2. The van der Waals surface area contributed by atoms with Gasteiger partial charge in [-0.15, -0.1) is 0 Å². The van der Waals surface area contributed by atoms with Crippen molar-refractivity contribution in [2.75, 3.05) is 19.7 Å². The third kappa shape index (κ3) is 6.75. The van der Waals surface area contributed by atoms with Crippen LogP contribution in [0.3, 0.4) is 0 Å². The maximum absolute atomic E-state index is 12.6. The summed E-state index contributed by atoms with van der Waals surface area (Å²) >= 11 is 5.90. The van der Waals surface area contributed by atoms with Gasteiger partial charge >= 0.3 is 5.97 Å². The number of halogens is 1. The fraction of sp³-hybridized carbons (Fsp3) is 0.385. The number of aliphatic imine (C=N–C) groups is 1. The average molecular weight is 513 g/mol. The van der Waals surface area contributed by atoms with E-state index in [4.69, 9.17) is 16.3 Å². The van der Waals surface area contributed by atoms with Crippen LogP contribution in [0.4, 0.5) is 5.69 Å². The van der Waals surface area contributed by atoms with E-state index >= 15 is 0 Å². The summed E-state index contributed by atoms with van der Waals surface area (Å²) in [6.45, 7) is 1.33. The molecule has 0 saturated carbocycles. The molecule has 9 nitrogen and oxygen atoms in total. The number of nitrogens with zero attached hydrogens (tertiary/aromatic N) is 3. The van der Waals surface area contributed by atoms with E-state index < -0.39 is 5.97 Å². The van der Waals surface area contributed by atoms with Crippen molar-refractivity contribution in [3.8, 4) is 5.75 Å². The Balaban J connectivity index is 1.18. The molecule has 36 heavy (non-hydrogen) atoms. The fourth-order valence-corrected chi connectivity index (χ4v) is 4.38. The van der Waals surface area contributed by atoms with Crippen LogP contribution in [0.1, 0.15) is 43.2 Å². The molecule has 0 aliphatic carbocycles. The Morgan fingerprint density at radius 2 is 1.86 bits per heavy atom. The minimum absolute atomic E-state index is 0.0569. The van der Waals surface area contributed by atoms with Gasteiger partial charge in [-0.25, -0.2) is 4.99 Å². The van der Waals surface area contributed by atoms with Gasteiger partial charge in [0, 0.05) is 23.6 Å². The van der Waals surface area contributed by atoms with Gasteiger partial charge in [-0.2, -0.15) is 0 Å². The zero-order chi connectivity index (χ0) is 25.5. The molecule has 2 aromatic rings. The van der Waals surface area contributed by atoms with Gasteiger partial charge in [0.1, 0.15) is 18.8 Å². The average Bonchev–Trinajstić information content (AvgIpc) is 3.21. The second-order valence-electron chi connectivity index (χ2n) is 8.88. The Bertz CT molecular complexity index is 1150. The number of benzene rings is 2. The van der Waals surface area contributed by atoms with E-state index in [9.17, 15) is 19.5 Å². The predicted molar refractivity (Wildman–Crippen MR) is 135 cm³/mol. The molecule has 2 N–H and O–H groups in total. The summed E-state index contributed by atoms with van der Waals surface area (Å²) in [4.78, 5) is 43.3. The lowest BCUT2D eigenvalue weighted by molar-refractivity contribution is -0.145. The lowest BCUT2D eigenvalue weighted by Gasteiger charge is -2.24. The number of hydrogen-bond donors (Lipinski definition) is 2. The quantitative estimate of drug-likeness (QED) is 0.419. The first kappa shape index (κ1) is 25.5. The van der Waals surface area contributed by atoms with Gasteiger partial charge in [0.15, 0.2) is 0 Å². The summed E-state index contributed by atoms with van der Waals surface area (Å²) in [5.41, 5.74) is 2.62. The number of amides is 2. The molecule has 1 saturated heterocycles. The molecule has 190 valence electrons. The van der Waals surface area contributed by atoms with Gasteiger partial charge in [-0.3, -0.25) is 19.7 Å². The topological polar surface area (TPSA) is 112 Å². The van der Waals surface area contributed by atoms with Crippen molar-refractivity contribution < 1.29 is 24.2 Å². The van der Waals surface area contributed by atoms with Gasteiger partial charge in [-0.1, -0.05) is 42.6 Å². The zero-order valence-corrected chi connectivity index (χ0v) is 20.7. The Morgan fingerprint density at radius 3 is 2.64 bits per heavy atom. The first-order chi connectivity index (χ1) is 17.4. The largest absolute Gasteiger partial charge is 0.493 e. The molecule has 2 aliphatic heterocycles. The van der Waals surface area contributed by atoms with E-state index in [2.05, 4.69) is 10.3 Å². The molecule has 0 radical (unpaired) electrons. The number of aliphatic carboxylic acids is 1. The predicted octanol–water partition coefficient (Wildman–Crippen LogP) is 3.72. The van der Waals surface area contributed by atoms with Crippen molar-refractivity contribution in [2.45, 2.75) is 45.2 Å². The summed E-state index contributed by atoms with van der Waals surface area (Å²) in [6.07, 6.45) is 3.56. The number of nitrogens with one attached hydrogen (secondary N) is 1. The maximum Gasteiger partial charge on any atom is 0.323 e. The number of unbranched alkanes of at least 4 members (excludes halogenated alkanes) is 3. The minimum atomic E-state index is -1.04. The molecule has 2 aromatic carbocycles. The number of hydrogen-bond acceptors (Lipinski definition) is 6. The Labute approximate surface area is 214 Å². The molecule has 2 heterocycles. The minimum Gasteiger partial charge on any atom is -0.493 e. The summed E-state index contributed by atoms with van der Waals surface area (Å²) in [5, 5.41) is 12.5. The van der Waals surface area contributed by atoms with Crippen LogP contribution < -0.4 is 10.1 Å². The Kier molecular flexibility index (Phi) is 8.43. The molecule has 0 bridgehead atoms. The summed E-state index contributed by atoms with van der Waals surface area (Å²) in [5.74, 6) is 0.102. The van der Waals surface area contributed by atoms with Crippen LogP contribution in [0, 0.1) is 0 Å². The first-order valence-electron chi connectivity index (χ1n) is 12.0. The first-order valence-corrected chi connectivity index (χ1v) is 12.4. The molecule has 10 heteroatoms. The Morgan fingerprint density at radius 1 is 1.08 bits per heavy atom. The lowest BCUT2D eigenvalue weighted by Crippen LogP contribution is -2.35. The summed E-state index contributed by atoms with van der Waals surface area (Å²) < 4.78 is 6.01. The lowest BCUT2D eigenvalue weighted by atomic mass is 10.1. The van der Waals surface area contributed by atoms with Crippen LogP contribution in [0.2, 0.25) is 5.02 Å². The van der Waals surface area contributed by atoms with Crippen molar-refractivity contribution in [2.24, 2.45) is 4.99 Å². The highest BCUT2D eigenvalue weighted by molar-refractivity contribution is 6.30. The van der Waals surface area contributed by atoms with Crippen molar-refractivity contribution in [1.82, 2.24) is 15.1 Å². The molecule has 0 spiro atoms. The highest BCUT2D eigenvalue weighted by Gasteiger charge is 2.30. The van der Waals surface area contributed by atoms with Gasteiger partial charge in [0.2, 0.25) is 17.8 Å². The van der Waals surface area contributed by atoms with Crippen molar-refractivity contribution in [3.05, 3.63) is 58.6 Å². The third-order valence-electron chi connectivity index (χ3n) is 6.08. The number of rotatable bonds is 12. The highest BCUT2D eigenvalue weighted by Crippen LogP contribution is 2.34. The van der Waals surface area contributed by atoms with Gasteiger partial charge in [0.05, 0.1) is 18.8 Å². The standard InChI is InChI=1S/C26H29ClN4O5/c27-19-11-9-18(10-12-19)14-30(17-25(34)35)24(33)8-3-1-2-4-13-36-22-7-5-6-21-20(22)15-31-16-23(32)29-26(31)28-21/h5-7,9-12H,1-4,8,13-17H2,(H,34,35)(H,28,29,32). The molecule has 4 rings (SSSR count). The van der Waals surface area contributed by atoms with Gasteiger partial charge in [0.25, 0.3) is 0 Å². The number of ether oxygens (including phenoxy) is 1. The van der Waals surface area contributed by atoms with Crippen LogP contribution >= 0.6 is 11.6 Å². The van der Waals surface area contributed by atoms with Crippen LogP contribution in [-0.4, -0.2) is 58.3 Å². The maximum atomic E-state index is 12.6. The molecule has 2 amide bonds. The van der Waals surface area contributed by atoms with E-state index in [-0.39, 0.29) is 24.9 Å². The second-order valence-corrected chi connectivity index (χ2v) is 9.31. The number of carboxylic acids is 1. The SMILES string of the molecule is O=C(O)CN(Cc1ccc(Cl)cc1)C(=O)CCCCCCOc1cccc2c1CN1CC(=O)NC1=N2. The molecule has 0 unspecified atom stereocenters. The van der Waals surface area contributed by atoms with Crippen molar-refractivity contribution in [3.63, 3.8) is 0 Å². The van der Waals surface area contributed by atoms with Crippen molar-refractivity contribution >= 4 is 41.0 Å². The van der Waals surface area contributed by atoms with Crippen LogP contribution in [0.5, 0.6) is 5.75 Å². The van der Waals surface area contributed by atoms with E-state index in [1.807, 2.05) is 23.1 Å². The smallest absolute Gasteiger partial charge is 0.323 e. The third-order valence-corrected chi connectivity index (χ3v) is 6.33. The monoisotopic (exact) mass is 512 g/mol. The van der Waals surface area contributed by atoms with Gasteiger partial charge in [-0.05, 0) is 42.7 Å². The van der Waals surface area contributed by atoms with Gasteiger partial charge < -0.3 is 19.6 Å². The van der Waals surface area contributed by atoms with Crippen LogP contribution in [0.15, 0.2) is 47.5 Å². The van der Waals surface area contributed by atoms with Crippen LogP contribution in [-0.2, 0) is 27.5 Å². The Hall–Kier alpha value is -3.59. The van der Waals surface area contributed by atoms with Crippen LogP contribution in [0.25, 0.3) is 0 Å². The van der Waals surface area contributed by atoms with E-state index in [1.165, 1.54) is 4.90 Å². The normalized spacial score (nSPS) is 14.0. The van der Waals surface area contributed by atoms with E-state index in [1.54, 1.807) is 24.3 Å². The van der Waals surface area contributed by atoms with E-state index in [0.29, 0.717) is 43.5 Å². The highest BCUT2D eigenvalue weighted by atomic mass is 35.5. The van der Waals surface area contributed by atoms with E-state index in [0.717, 1.165) is 41.8 Å². The molecule has 2 aliphatic rings. The molecule has 0 aromatic heterocycles. The number of guanidine groups is 1. The number of carboxylic acid groups (broad SMARTS) is 1. The molecule has 0 atom stereocenters. The molecule has 1 fully saturated rings. The molecular formula is C26H29ClN4O5. The summed E-state index contributed by atoms with van der Waals surface area (Å²) in [6, 6.07) is 12.8. The van der Waals surface area contributed by atoms with Crippen molar-refractivity contribution in [1.29, 1.82) is 0 Å².